The molecular formula is C92H74N8O4. The molecule has 506 valence electrons. The van der Waals surface area contributed by atoms with Gasteiger partial charge in [0.15, 0.2) is 34.8 Å². The van der Waals surface area contributed by atoms with Crippen molar-refractivity contribution in [3.63, 3.8) is 0 Å². The Bertz CT molecular complexity index is 5580. The number of aromatic amines is 2. The van der Waals surface area contributed by atoms with E-state index < -0.39 is 0 Å². The van der Waals surface area contributed by atoms with E-state index in [0.717, 1.165) is 55.3 Å². The van der Waals surface area contributed by atoms with Crippen LogP contribution in [-0.4, -0.2) is 39.9 Å². The first-order valence-electron chi connectivity index (χ1n) is 35.2. The fourth-order valence-electron chi connectivity index (χ4n) is 14.5. The van der Waals surface area contributed by atoms with E-state index in [0.29, 0.717) is 79.7 Å². The van der Waals surface area contributed by atoms with Crippen molar-refractivity contribution in [3.8, 4) is 91.5 Å². The molecule has 12 heteroatoms. The van der Waals surface area contributed by atoms with Gasteiger partial charge in [0.1, 0.15) is 45.6 Å². The van der Waals surface area contributed by atoms with Crippen molar-refractivity contribution >= 4 is 44.1 Å². The normalized spacial score (nSPS) is 12.2. The van der Waals surface area contributed by atoms with Gasteiger partial charge < -0.3 is 28.9 Å². The van der Waals surface area contributed by atoms with E-state index in [1.807, 2.05) is 146 Å². The largest absolute Gasteiger partial charge is 0.452 e. The van der Waals surface area contributed by atoms with E-state index in [2.05, 4.69) is 211 Å². The lowest BCUT2D eigenvalue weighted by Gasteiger charge is -2.27. The molecule has 0 unspecified atom stereocenters. The molecule has 12 aromatic carbocycles. The Morgan fingerprint density at radius 2 is 0.423 bits per heavy atom. The SMILES string of the molecule is CC(C)(c1ccccc1)c1ccc(Oc2c(Oc3ccc(C(C)(C)c4ccccc4)cc3)c(Oc3ccc(C(C)(C)c4ccccc4)cc3)c3c4nc5nc(nc6[nH]c(nc7nc(nc([nH]4)c3c2Oc2ccc(C(C)(C)c3ccccc3)cc2)-c2ccccc2-7)c2ccccc62)-c2ccccc2-5)cc1. The van der Waals surface area contributed by atoms with E-state index in [4.69, 9.17) is 48.9 Å². The number of nitrogens with one attached hydrogen (secondary N) is 2. The second-order valence-electron chi connectivity index (χ2n) is 28.8. The molecule has 0 spiro atoms. The summed E-state index contributed by atoms with van der Waals surface area (Å²) >= 11 is 0. The zero-order chi connectivity index (χ0) is 70.9. The second kappa shape index (κ2) is 25.7. The van der Waals surface area contributed by atoms with Crippen LogP contribution >= 0.6 is 0 Å². The summed E-state index contributed by atoms with van der Waals surface area (Å²) in [6.07, 6.45) is 0. The predicted octanol–water partition coefficient (Wildman–Crippen LogP) is 23.3. The van der Waals surface area contributed by atoms with Crippen LogP contribution < -0.4 is 18.9 Å². The Morgan fingerprint density at radius 3 is 0.692 bits per heavy atom. The van der Waals surface area contributed by atoms with Crippen LogP contribution in [0.25, 0.3) is 89.7 Å². The Balaban J connectivity index is 0.991. The molecule has 0 fully saturated rings. The number of benzene rings is 12. The highest BCUT2D eigenvalue weighted by molar-refractivity contribution is 6.15. The lowest BCUT2D eigenvalue weighted by Crippen LogP contribution is -2.18. The van der Waals surface area contributed by atoms with Crippen molar-refractivity contribution in [1.82, 2.24) is 39.9 Å². The molecule has 0 radical (unpaired) electrons. The third-order valence-electron chi connectivity index (χ3n) is 21.0. The van der Waals surface area contributed by atoms with Gasteiger partial charge in [-0.2, -0.15) is 0 Å². The minimum atomic E-state index is -0.366. The molecule has 0 amide bonds. The molecule has 2 N–H and O–H groups in total. The molecule has 104 heavy (non-hydrogen) atoms. The molecule has 0 aliphatic carbocycles. The summed E-state index contributed by atoms with van der Waals surface area (Å²) in [6.45, 7) is 17.9. The molecule has 8 bridgehead atoms. The fourth-order valence-corrected chi connectivity index (χ4v) is 14.5. The van der Waals surface area contributed by atoms with Gasteiger partial charge in [-0.05, 0) is 93.0 Å². The number of rotatable bonds is 16. The quantitative estimate of drug-likeness (QED) is 0.0959. The third kappa shape index (κ3) is 11.6. The zero-order valence-electron chi connectivity index (χ0n) is 59.0. The summed E-state index contributed by atoms with van der Waals surface area (Å²) in [6, 6.07) is 99.2. The van der Waals surface area contributed by atoms with Crippen LogP contribution in [0, 0.1) is 0 Å². The monoisotopic (exact) mass is 1350 g/mol. The van der Waals surface area contributed by atoms with Crippen LogP contribution in [0.4, 0.5) is 0 Å². The maximum atomic E-state index is 7.67. The van der Waals surface area contributed by atoms with Gasteiger partial charge in [-0.15, -0.1) is 0 Å². The van der Waals surface area contributed by atoms with Gasteiger partial charge in [0.05, 0.1) is 10.8 Å². The summed E-state index contributed by atoms with van der Waals surface area (Å²) in [5.41, 5.74) is 12.5. The summed E-state index contributed by atoms with van der Waals surface area (Å²) in [4.78, 5) is 40.1. The van der Waals surface area contributed by atoms with Crippen molar-refractivity contribution < 1.29 is 18.9 Å². The first-order chi connectivity index (χ1) is 50.5. The van der Waals surface area contributed by atoms with E-state index >= 15 is 0 Å². The lowest BCUT2D eigenvalue weighted by atomic mass is 9.78. The number of nitrogens with zero attached hydrogens (tertiary/aromatic N) is 6. The molecule has 15 aromatic rings. The highest BCUT2D eigenvalue weighted by Gasteiger charge is 2.35. The number of hydrogen-bond acceptors (Lipinski definition) is 10. The third-order valence-corrected chi connectivity index (χ3v) is 21.0. The van der Waals surface area contributed by atoms with Gasteiger partial charge in [0.2, 0.25) is 11.5 Å². The van der Waals surface area contributed by atoms with Gasteiger partial charge in [0, 0.05) is 54.7 Å². The average molecular weight is 1360 g/mol. The van der Waals surface area contributed by atoms with E-state index in [9.17, 15) is 0 Å². The molecule has 0 saturated heterocycles. The van der Waals surface area contributed by atoms with Crippen LogP contribution in [0.2, 0.25) is 0 Å². The number of hydrogen-bond donors (Lipinski definition) is 2. The molecule has 2 aliphatic rings. The molecule has 12 nitrogen and oxygen atoms in total. The van der Waals surface area contributed by atoms with Crippen LogP contribution in [0.5, 0.6) is 46.0 Å². The molecule has 5 heterocycles. The Labute approximate surface area is 603 Å². The van der Waals surface area contributed by atoms with Crippen LogP contribution in [0.15, 0.2) is 291 Å². The Morgan fingerprint density at radius 1 is 0.212 bits per heavy atom. The van der Waals surface area contributed by atoms with Gasteiger partial charge in [-0.1, -0.05) is 298 Å². The van der Waals surface area contributed by atoms with Crippen LogP contribution in [-0.2, 0) is 21.7 Å². The first-order valence-corrected chi connectivity index (χ1v) is 35.2. The Hall–Kier alpha value is -12.8. The second-order valence-corrected chi connectivity index (χ2v) is 28.8. The van der Waals surface area contributed by atoms with Crippen LogP contribution in [0.3, 0.4) is 0 Å². The van der Waals surface area contributed by atoms with E-state index in [-0.39, 0.29) is 44.7 Å². The minimum Gasteiger partial charge on any atom is -0.452 e. The highest BCUT2D eigenvalue weighted by atomic mass is 16.6. The van der Waals surface area contributed by atoms with Gasteiger partial charge >= 0.3 is 0 Å². The Kier molecular flexibility index (Phi) is 15.9. The molecule has 17 rings (SSSR count). The van der Waals surface area contributed by atoms with Crippen molar-refractivity contribution in [2.45, 2.75) is 77.0 Å². The summed E-state index contributed by atoms with van der Waals surface area (Å²) in [5.74, 6) is 4.52. The first kappa shape index (κ1) is 64.6. The summed E-state index contributed by atoms with van der Waals surface area (Å²) in [5, 5.41) is 2.62. The fraction of sp³-hybridized carbons (Fsp3) is 0.130. The molecule has 0 saturated carbocycles. The average Bonchev–Trinajstić information content (AvgIpc) is 1.53. The van der Waals surface area contributed by atoms with Crippen molar-refractivity contribution in [3.05, 3.63) is 336 Å². The number of H-pyrrole nitrogens is 2. The summed E-state index contributed by atoms with van der Waals surface area (Å²) < 4.78 is 30.6. The van der Waals surface area contributed by atoms with E-state index in [1.54, 1.807) is 0 Å². The maximum absolute atomic E-state index is 7.67. The molecule has 0 atom stereocenters. The number of fused-ring (bicyclic) bond motifs is 20. The molecular weight excluding hydrogens is 1280 g/mol. The zero-order valence-corrected chi connectivity index (χ0v) is 59.0. The van der Waals surface area contributed by atoms with Gasteiger partial charge in [-0.25, -0.2) is 29.9 Å². The van der Waals surface area contributed by atoms with Crippen LogP contribution in [0.1, 0.15) is 99.9 Å². The molecule has 3 aromatic heterocycles. The smallest absolute Gasteiger partial charge is 0.217 e. The van der Waals surface area contributed by atoms with Gasteiger partial charge in [-0.3, -0.25) is 0 Å². The minimum absolute atomic E-state index is 0.183. The van der Waals surface area contributed by atoms with Crippen molar-refractivity contribution in [1.29, 1.82) is 0 Å². The van der Waals surface area contributed by atoms with Gasteiger partial charge in [0.25, 0.3) is 0 Å². The van der Waals surface area contributed by atoms with E-state index in [1.165, 1.54) is 22.3 Å². The highest BCUT2D eigenvalue weighted by Crippen LogP contribution is 2.58. The maximum Gasteiger partial charge on any atom is 0.217 e. The van der Waals surface area contributed by atoms with Crippen molar-refractivity contribution in [2.24, 2.45) is 0 Å². The topological polar surface area (TPSA) is 146 Å². The number of ether oxygens (including phenoxy) is 4. The molecule has 2 aliphatic heterocycles. The lowest BCUT2D eigenvalue weighted by molar-refractivity contribution is 0.370. The predicted molar refractivity (Wildman–Crippen MR) is 416 cm³/mol. The standard InChI is InChI=1S/C92H74N8O4/c1-89(2,57-27-13-9-14-28-57)61-41-49-65(50-42-61)101-77-75-76(88-99-86-74-40-26-24-38-72(74)84(97-86)95-82-70-36-22-21-35-69(70)81(93-82)94-83-71-37-23-25-39-73(71)85(96-83)98-87(75)100-88)78(102-66-51-43-62(44-52-66)90(3,4)58-29-15-10-16-30-58)80(104-68-55-47-64(48-56-68)92(7,8)60-33-19-12-20-34-60)79(77)103-67-53-45-63(46-54-67)91(5,6)59-31-17-11-18-32-59/h9-56H,1-8H3,(H2,93,94,95,96,97,98,99,100). The van der Waals surface area contributed by atoms with Crippen molar-refractivity contribution in [2.75, 3.05) is 0 Å². The number of aromatic nitrogens is 8. The summed E-state index contributed by atoms with van der Waals surface area (Å²) in [7, 11) is 0.